The Labute approximate surface area is 162 Å². The molecule has 0 atom stereocenters. The van der Waals surface area contributed by atoms with Gasteiger partial charge in [0.2, 0.25) is 5.91 Å². The summed E-state index contributed by atoms with van der Waals surface area (Å²) in [6.07, 6.45) is 5.42. The zero-order valence-corrected chi connectivity index (χ0v) is 16.4. The molecule has 0 saturated heterocycles. The number of rotatable bonds is 3. The van der Waals surface area contributed by atoms with Gasteiger partial charge >= 0.3 is 0 Å². The first kappa shape index (κ1) is 18.0. The summed E-state index contributed by atoms with van der Waals surface area (Å²) in [6.45, 7) is 2.06. The largest absolute Gasteiger partial charge is 0.482 e. The van der Waals surface area contributed by atoms with Crippen LogP contribution in [0.1, 0.15) is 37.0 Å². The second-order valence-corrected chi connectivity index (χ2v) is 8.38. The van der Waals surface area contributed by atoms with Crippen LogP contribution in [0.25, 0.3) is 11.3 Å². The molecule has 0 radical (unpaired) electrons. The van der Waals surface area contributed by atoms with Crippen LogP contribution in [0, 0.1) is 12.8 Å². The molecule has 1 aliphatic heterocycles. The number of likely N-dealkylation sites (N-methyl/N-ethyl adjacent to an activating group) is 1. The maximum Gasteiger partial charge on any atom is 0.264 e. The molecule has 2 aromatic rings. The number of thiazole rings is 1. The van der Waals surface area contributed by atoms with Gasteiger partial charge in [-0.2, -0.15) is 0 Å². The van der Waals surface area contributed by atoms with E-state index in [9.17, 15) is 9.59 Å². The molecule has 1 fully saturated rings. The van der Waals surface area contributed by atoms with Gasteiger partial charge in [-0.05, 0) is 38.0 Å². The Bertz CT molecular complexity index is 887. The normalized spacial score (nSPS) is 17.4. The van der Waals surface area contributed by atoms with Gasteiger partial charge in [-0.15, -0.1) is 11.3 Å². The molecule has 2 amide bonds. The minimum Gasteiger partial charge on any atom is -0.482 e. The van der Waals surface area contributed by atoms with Crippen LogP contribution in [-0.2, 0) is 9.59 Å². The lowest BCUT2D eigenvalue weighted by Gasteiger charge is -2.26. The lowest BCUT2D eigenvalue weighted by atomic mass is 9.89. The number of aromatic nitrogens is 1. The fourth-order valence-corrected chi connectivity index (χ4v) is 4.55. The van der Waals surface area contributed by atoms with E-state index in [-0.39, 0.29) is 24.3 Å². The molecule has 2 heterocycles. The number of amides is 2. The second kappa shape index (κ2) is 7.31. The molecule has 6 nitrogen and oxygen atoms in total. The van der Waals surface area contributed by atoms with Gasteiger partial charge in [0.05, 0.1) is 11.4 Å². The smallest absolute Gasteiger partial charge is 0.264 e. The Kier molecular flexibility index (Phi) is 4.86. The number of ether oxygens (including phenoxy) is 1. The third-order valence-corrected chi connectivity index (χ3v) is 6.21. The summed E-state index contributed by atoms with van der Waals surface area (Å²) in [5.74, 6) is 0.806. The fraction of sp³-hybridized carbons (Fsp3) is 0.450. The molecule has 1 aromatic carbocycles. The van der Waals surface area contributed by atoms with E-state index < -0.39 is 0 Å². The number of benzene rings is 1. The SMILES string of the molecule is Cc1sc(NC(=O)C2CCCCC2)nc1-c1ccc2c(c1)N(C)C(=O)CO2. The first-order valence-corrected chi connectivity index (χ1v) is 10.2. The highest BCUT2D eigenvalue weighted by molar-refractivity contribution is 7.16. The predicted molar refractivity (Wildman–Crippen MR) is 106 cm³/mol. The number of carbonyl (C=O) groups is 2. The number of hydrogen-bond donors (Lipinski definition) is 1. The molecule has 1 aromatic heterocycles. The summed E-state index contributed by atoms with van der Waals surface area (Å²) >= 11 is 1.49. The minimum atomic E-state index is -0.0740. The van der Waals surface area contributed by atoms with E-state index in [2.05, 4.69) is 10.3 Å². The van der Waals surface area contributed by atoms with E-state index in [0.29, 0.717) is 10.9 Å². The number of nitrogens with one attached hydrogen (secondary N) is 1. The first-order chi connectivity index (χ1) is 13.0. The first-order valence-electron chi connectivity index (χ1n) is 9.35. The predicted octanol–water partition coefficient (Wildman–Crippen LogP) is 3.99. The molecule has 2 aliphatic rings. The molecular weight excluding hydrogens is 362 g/mol. The average Bonchev–Trinajstić information content (AvgIpc) is 3.05. The van der Waals surface area contributed by atoms with Crippen molar-refractivity contribution >= 4 is 34.0 Å². The minimum absolute atomic E-state index is 0.0654. The molecule has 0 bridgehead atoms. The molecule has 142 valence electrons. The zero-order chi connectivity index (χ0) is 19.0. The van der Waals surface area contributed by atoms with Gasteiger partial charge in [0.15, 0.2) is 11.7 Å². The van der Waals surface area contributed by atoms with Crippen LogP contribution < -0.4 is 15.0 Å². The maximum absolute atomic E-state index is 12.5. The van der Waals surface area contributed by atoms with Crippen molar-refractivity contribution in [3.63, 3.8) is 0 Å². The van der Waals surface area contributed by atoms with E-state index >= 15 is 0 Å². The van der Waals surface area contributed by atoms with Crippen molar-refractivity contribution in [1.82, 2.24) is 4.98 Å². The van der Waals surface area contributed by atoms with E-state index in [1.165, 1.54) is 17.8 Å². The van der Waals surface area contributed by atoms with Crippen molar-refractivity contribution in [3.8, 4) is 17.0 Å². The average molecular weight is 385 g/mol. The summed E-state index contributed by atoms with van der Waals surface area (Å²) in [7, 11) is 1.75. The number of fused-ring (bicyclic) bond motifs is 1. The summed E-state index contributed by atoms with van der Waals surface area (Å²) in [6, 6.07) is 5.73. The Morgan fingerprint density at radius 1 is 1.30 bits per heavy atom. The van der Waals surface area contributed by atoms with Crippen LogP contribution in [0.2, 0.25) is 0 Å². The molecule has 0 spiro atoms. The quantitative estimate of drug-likeness (QED) is 0.867. The van der Waals surface area contributed by atoms with Gasteiger partial charge in [-0.1, -0.05) is 19.3 Å². The van der Waals surface area contributed by atoms with Crippen LogP contribution in [0.4, 0.5) is 10.8 Å². The van der Waals surface area contributed by atoms with Crippen molar-refractivity contribution in [2.45, 2.75) is 39.0 Å². The van der Waals surface area contributed by atoms with Crippen molar-refractivity contribution in [3.05, 3.63) is 23.1 Å². The monoisotopic (exact) mass is 385 g/mol. The maximum atomic E-state index is 12.5. The highest BCUT2D eigenvalue weighted by Crippen LogP contribution is 2.38. The van der Waals surface area contributed by atoms with E-state index in [1.807, 2.05) is 25.1 Å². The summed E-state index contributed by atoms with van der Waals surface area (Å²) in [4.78, 5) is 31.7. The number of anilines is 2. The van der Waals surface area contributed by atoms with Crippen molar-refractivity contribution in [2.75, 3.05) is 23.9 Å². The second-order valence-electron chi connectivity index (χ2n) is 7.17. The summed E-state index contributed by atoms with van der Waals surface area (Å²) in [5, 5.41) is 3.64. The zero-order valence-electron chi connectivity index (χ0n) is 15.6. The van der Waals surface area contributed by atoms with Gasteiger partial charge in [-0.3, -0.25) is 9.59 Å². The Balaban J connectivity index is 1.56. The lowest BCUT2D eigenvalue weighted by molar-refractivity contribution is -0.121. The molecule has 1 N–H and O–H groups in total. The standard InChI is InChI=1S/C20H23N3O3S/c1-12-18(14-8-9-16-15(10-14)23(2)17(24)11-26-16)21-20(27-12)22-19(25)13-6-4-3-5-7-13/h8-10,13H,3-7,11H2,1-2H3,(H,21,22,25). The number of hydrogen-bond acceptors (Lipinski definition) is 5. The van der Waals surface area contributed by atoms with E-state index in [1.54, 1.807) is 11.9 Å². The third-order valence-electron chi connectivity index (χ3n) is 5.32. The topological polar surface area (TPSA) is 71.5 Å². The van der Waals surface area contributed by atoms with Crippen molar-refractivity contribution < 1.29 is 14.3 Å². The van der Waals surface area contributed by atoms with Crippen LogP contribution in [0.15, 0.2) is 18.2 Å². The summed E-state index contributed by atoms with van der Waals surface area (Å²) < 4.78 is 5.49. The van der Waals surface area contributed by atoms with Crippen molar-refractivity contribution in [1.29, 1.82) is 0 Å². The van der Waals surface area contributed by atoms with Gasteiger partial charge in [-0.25, -0.2) is 4.98 Å². The molecule has 4 rings (SSSR count). The fourth-order valence-electron chi connectivity index (χ4n) is 3.71. The molecule has 1 aliphatic carbocycles. The molecule has 27 heavy (non-hydrogen) atoms. The molecule has 1 saturated carbocycles. The van der Waals surface area contributed by atoms with Gasteiger partial charge < -0.3 is 15.0 Å². The van der Waals surface area contributed by atoms with Crippen LogP contribution in [0.5, 0.6) is 5.75 Å². The summed E-state index contributed by atoms with van der Waals surface area (Å²) in [5.41, 5.74) is 2.47. The van der Waals surface area contributed by atoms with Gasteiger partial charge in [0, 0.05) is 23.4 Å². The number of aryl methyl sites for hydroxylation is 1. The molecular formula is C20H23N3O3S. The van der Waals surface area contributed by atoms with Gasteiger partial charge in [0.1, 0.15) is 5.75 Å². The number of nitrogens with zero attached hydrogens (tertiary/aromatic N) is 2. The molecule has 7 heteroatoms. The van der Waals surface area contributed by atoms with E-state index in [0.717, 1.165) is 47.5 Å². The Hall–Kier alpha value is -2.41. The molecule has 0 unspecified atom stereocenters. The highest BCUT2D eigenvalue weighted by Gasteiger charge is 2.25. The van der Waals surface area contributed by atoms with Crippen LogP contribution in [-0.4, -0.2) is 30.5 Å². The number of carbonyl (C=O) groups excluding carboxylic acids is 2. The van der Waals surface area contributed by atoms with Crippen LogP contribution >= 0.6 is 11.3 Å². The van der Waals surface area contributed by atoms with E-state index in [4.69, 9.17) is 4.74 Å². The van der Waals surface area contributed by atoms with Crippen LogP contribution in [0.3, 0.4) is 0 Å². The third kappa shape index (κ3) is 3.56. The Morgan fingerprint density at radius 2 is 2.07 bits per heavy atom. The van der Waals surface area contributed by atoms with Gasteiger partial charge in [0.25, 0.3) is 5.91 Å². The Morgan fingerprint density at radius 3 is 2.85 bits per heavy atom. The highest BCUT2D eigenvalue weighted by atomic mass is 32.1. The van der Waals surface area contributed by atoms with Crippen molar-refractivity contribution in [2.24, 2.45) is 5.92 Å². The lowest BCUT2D eigenvalue weighted by Crippen LogP contribution is -2.35.